The summed E-state index contributed by atoms with van der Waals surface area (Å²) in [4.78, 5) is 5.50. The minimum Gasteiger partial charge on any atom is -0.301 e. The molecule has 1 saturated heterocycles. The monoisotopic (exact) mass is 703 g/mol. The number of rotatable bonds is 42. The molecule has 1 aliphatic rings. The van der Waals surface area contributed by atoms with Crippen molar-refractivity contribution in [1.82, 2.24) is 9.80 Å². The van der Waals surface area contributed by atoms with Gasteiger partial charge in [0.1, 0.15) is 0 Å². The zero-order valence-corrected chi connectivity index (χ0v) is 35.4. The molecule has 2 heteroatoms. The van der Waals surface area contributed by atoms with Crippen molar-refractivity contribution in [2.45, 2.75) is 271 Å². The van der Waals surface area contributed by atoms with Crippen LogP contribution >= 0.6 is 0 Å². The van der Waals surface area contributed by atoms with Crippen molar-refractivity contribution in [3.63, 3.8) is 0 Å². The molecule has 0 amide bonds. The summed E-state index contributed by atoms with van der Waals surface area (Å²) in [6.07, 6.45) is 58.9. The van der Waals surface area contributed by atoms with Gasteiger partial charge in [-0.2, -0.15) is 0 Å². The van der Waals surface area contributed by atoms with E-state index in [2.05, 4.69) is 23.6 Å². The van der Waals surface area contributed by atoms with E-state index in [-0.39, 0.29) is 0 Å². The molecule has 0 saturated carbocycles. The molecule has 1 aliphatic heterocycles. The van der Waals surface area contributed by atoms with E-state index < -0.39 is 0 Å². The highest BCUT2D eigenvalue weighted by atomic mass is 15.3. The highest BCUT2D eigenvalue weighted by Crippen LogP contribution is 2.17. The standard InChI is InChI=1S/C48H98N2/c1-3-5-7-9-11-13-15-17-19-21-23-25-27-29-31-33-35-37-39-41-43-49-45-47-50(48-46-49)44-42-40-38-36-34-32-30-28-26-24-22-20-18-16-14-12-10-8-6-4-2/h3-48H2,1-2H3. The Morgan fingerprint density at radius 1 is 0.200 bits per heavy atom. The molecular weight excluding hydrogens is 605 g/mol. The van der Waals surface area contributed by atoms with Gasteiger partial charge in [-0.1, -0.05) is 258 Å². The molecule has 0 aromatic heterocycles. The second-order valence-electron chi connectivity index (χ2n) is 17.1. The Balaban J connectivity index is 1.70. The van der Waals surface area contributed by atoms with E-state index in [4.69, 9.17) is 0 Å². The highest BCUT2D eigenvalue weighted by molar-refractivity contribution is 4.72. The molecule has 2 nitrogen and oxygen atoms in total. The first-order valence-electron chi connectivity index (χ1n) is 24.3. The lowest BCUT2D eigenvalue weighted by molar-refractivity contribution is 0.129. The Morgan fingerprint density at radius 2 is 0.340 bits per heavy atom. The molecule has 0 bridgehead atoms. The lowest BCUT2D eigenvalue weighted by Crippen LogP contribution is -2.46. The van der Waals surface area contributed by atoms with Crippen LogP contribution in [0.5, 0.6) is 0 Å². The largest absolute Gasteiger partial charge is 0.301 e. The fourth-order valence-electron chi connectivity index (χ4n) is 8.42. The van der Waals surface area contributed by atoms with Crippen LogP contribution in [-0.4, -0.2) is 49.1 Å². The molecule has 300 valence electrons. The van der Waals surface area contributed by atoms with E-state index in [1.54, 1.807) is 0 Å². The smallest absolute Gasteiger partial charge is 0.0110 e. The lowest BCUT2D eigenvalue weighted by atomic mass is 10.0. The van der Waals surface area contributed by atoms with Crippen LogP contribution in [0.2, 0.25) is 0 Å². The summed E-state index contributed by atoms with van der Waals surface area (Å²) in [6.45, 7) is 12.6. The van der Waals surface area contributed by atoms with Crippen LogP contribution in [0, 0.1) is 0 Å². The van der Waals surface area contributed by atoms with Crippen molar-refractivity contribution in [2.24, 2.45) is 0 Å². The SMILES string of the molecule is CCCCCCCCCCCCCCCCCCCCCCN1CCN(CCCCCCCCCCCCCCCCCCCCCC)CC1. The van der Waals surface area contributed by atoms with Crippen molar-refractivity contribution in [3.05, 3.63) is 0 Å². The topological polar surface area (TPSA) is 6.48 Å². The van der Waals surface area contributed by atoms with Gasteiger partial charge >= 0.3 is 0 Å². The maximum atomic E-state index is 2.75. The molecule has 1 fully saturated rings. The Labute approximate surface area is 318 Å². The van der Waals surface area contributed by atoms with Crippen LogP contribution < -0.4 is 0 Å². The number of hydrogen-bond donors (Lipinski definition) is 0. The molecule has 0 radical (unpaired) electrons. The maximum absolute atomic E-state index is 2.75. The van der Waals surface area contributed by atoms with Gasteiger partial charge in [0.25, 0.3) is 0 Å². The molecule has 1 rings (SSSR count). The molecular formula is C48H98N2. The number of nitrogens with zero attached hydrogens (tertiary/aromatic N) is 2. The Kier molecular flexibility index (Phi) is 40.0. The van der Waals surface area contributed by atoms with Crippen LogP contribution in [0.15, 0.2) is 0 Å². The van der Waals surface area contributed by atoms with E-state index in [1.165, 1.54) is 296 Å². The fourth-order valence-corrected chi connectivity index (χ4v) is 8.42. The van der Waals surface area contributed by atoms with Crippen LogP contribution in [0.4, 0.5) is 0 Å². The molecule has 0 spiro atoms. The van der Waals surface area contributed by atoms with Crippen molar-refractivity contribution in [3.8, 4) is 0 Å². The fraction of sp³-hybridized carbons (Fsp3) is 1.00. The van der Waals surface area contributed by atoms with E-state index in [0.29, 0.717) is 0 Å². The Morgan fingerprint density at radius 3 is 0.500 bits per heavy atom. The summed E-state index contributed by atoms with van der Waals surface area (Å²) in [6, 6.07) is 0. The first-order valence-corrected chi connectivity index (χ1v) is 24.3. The van der Waals surface area contributed by atoms with Gasteiger partial charge in [-0.3, -0.25) is 0 Å². The normalized spacial score (nSPS) is 14.3. The van der Waals surface area contributed by atoms with E-state index in [1.807, 2.05) is 0 Å². The predicted octanol–water partition coefficient (Wildman–Crippen LogP) is 16.2. The van der Waals surface area contributed by atoms with Crippen molar-refractivity contribution in [1.29, 1.82) is 0 Å². The third kappa shape index (κ3) is 36.3. The van der Waals surface area contributed by atoms with Crippen molar-refractivity contribution in [2.75, 3.05) is 39.3 Å². The van der Waals surface area contributed by atoms with Gasteiger partial charge in [-0.05, 0) is 25.9 Å². The minimum absolute atomic E-state index is 1.32. The molecule has 0 atom stereocenters. The predicted molar refractivity (Wildman–Crippen MR) is 229 cm³/mol. The molecule has 50 heavy (non-hydrogen) atoms. The molecule has 0 unspecified atom stereocenters. The van der Waals surface area contributed by atoms with E-state index >= 15 is 0 Å². The van der Waals surface area contributed by atoms with Gasteiger partial charge in [0.15, 0.2) is 0 Å². The average Bonchev–Trinajstić information content (AvgIpc) is 3.13. The van der Waals surface area contributed by atoms with Crippen LogP contribution in [-0.2, 0) is 0 Å². The van der Waals surface area contributed by atoms with Crippen LogP contribution in [0.1, 0.15) is 271 Å². The van der Waals surface area contributed by atoms with Gasteiger partial charge in [0.05, 0.1) is 0 Å². The molecule has 0 aromatic rings. The zero-order valence-electron chi connectivity index (χ0n) is 35.4. The second-order valence-corrected chi connectivity index (χ2v) is 17.1. The first-order chi connectivity index (χ1) is 24.9. The average molecular weight is 703 g/mol. The van der Waals surface area contributed by atoms with Crippen molar-refractivity contribution >= 4 is 0 Å². The molecule has 1 heterocycles. The first kappa shape index (κ1) is 47.9. The van der Waals surface area contributed by atoms with Crippen LogP contribution in [0.25, 0.3) is 0 Å². The summed E-state index contributed by atoms with van der Waals surface area (Å²) < 4.78 is 0. The van der Waals surface area contributed by atoms with Gasteiger partial charge in [-0.15, -0.1) is 0 Å². The molecule has 0 aromatic carbocycles. The van der Waals surface area contributed by atoms with Gasteiger partial charge in [0.2, 0.25) is 0 Å². The summed E-state index contributed by atoms with van der Waals surface area (Å²) in [5.74, 6) is 0. The van der Waals surface area contributed by atoms with E-state index in [9.17, 15) is 0 Å². The maximum Gasteiger partial charge on any atom is 0.0110 e. The van der Waals surface area contributed by atoms with Crippen molar-refractivity contribution < 1.29 is 0 Å². The summed E-state index contributed by atoms with van der Waals surface area (Å²) >= 11 is 0. The summed E-state index contributed by atoms with van der Waals surface area (Å²) in [5.41, 5.74) is 0. The van der Waals surface area contributed by atoms with E-state index in [0.717, 1.165) is 0 Å². The Hall–Kier alpha value is -0.0800. The lowest BCUT2D eigenvalue weighted by Gasteiger charge is -2.34. The van der Waals surface area contributed by atoms with Gasteiger partial charge < -0.3 is 9.80 Å². The molecule has 0 N–H and O–H groups in total. The highest BCUT2D eigenvalue weighted by Gasteiger charge is 2.15. The number of unbranched alkanes of at least 4 members (excludes halogenated alkanes) is 38. The zero-order chi connectivity index (χ0) is 35.7. The summed E-state index contributed by atoms with van der Waals surface area (Å²) in [5, 5.41) is 0. The van der Waals surface area contributed by atoms with Gasteiger partial charge in [0, 0.05) is 26.2 Å². The van der Waals surface area contributed by atoms with Crippen LogP contribution in [0.3, 0.4) is 0 Å². The van der Waals surface area contributed by atoms with Gasteiger partial charge in [-0.25, -0.2) is 0 Å². The minimum atomic E-state index is 1.32. The quantitative estimate of drug-likeness (QED) is 0.0584. The number of piperazine rings is 1. The Bertz CT molecular complexity index is 545. The number of hydrogen-bond acceptors (Lipinski definition) is 2. The summed E-state index contributed by atoms with van der Waals surface area (Å²) in [7, 11) is 0. The third-order valence-corrected chi connectivity index (χ3v) is 12.1. The second kappa shape index (κ2) is 41.7. The molecule has 0 aliphatic carbocycles. The third-order valence-electron chi connectivity index (χ3n) is 12.1.